The fourth-order valence-corrected chi connectivity index (χ4v) is 2.31. The van der Waals surface area contributed by atoms with Crippen molar-refractivity contribution in [2.45, 2.75) is 13.5 Å². The predicted molar refractivity (Wildman–Crippen MR) is 81.1 cm³/mol. The largest absolute Gasteiger partial charge is 0.335 e. The summed E-state index contributed by atoms with van der Waals surface area (Å²) in [6.45, 7) is 3.01. The summed E-state index contributed by atoms with van der Waals surface area (Å²) in [5.41, 5.74) is 1.45. The maximum Gasteiger partial charge on any atom is 0.255 e. The van der Waals surface area contributed by atoms with E-state index in [0.29, 0.717) is 28.7 Å². The number of aromatic nitrogens is 1. The molecule has 1 aromatic carbocycles. The Morgan fingerprint density at radius 2 is 2.10 bits per heavy atom. The third-order valence-corrected chi connectivity index (χ3v) is 3.47. The zero-order chi connectivity index (χ0) is 14.5. The summed E-state index contributed by atoms with van der Waals surface area (Å²) in [4.78, 5) is 18.1. The highest BCUT2D eigenvalue weighted by atomic mass is 35.5. The van der Waals surface area contributed by atoms with E-state index >= 15 is 0 Å². The standard InChI is InChI=1S/C15H14Cl2N2O/c1-2-19(10-11-4-3-5-12(16)8-11)15(20)13-6-7-18-9-14(13)17/h3-9H,2,10H2,1H3. The minimum atomic E-state index is -0.111. The lowest BCUT2D eigenvalue weighted by molar-refractivity contribution is 0.0752. The van der Waals surface area contributed by atoms with Crippen molar-refractivity contribution in [3.8, 4) is 0 Å². The number of pyridine rings is 1. The first kappa shape index (κ1) is 14.8. The smallest absolute Gasteiger partial charge is 0.255 e. The molecule has 5 heteroatoms. The number of rotatable bonds is 4. The van der Waals surface area contributed by atoms with Crippen LogP contribution in [0.3, 0.4) is 0 Å². The van der Waals surface area contributed by atoms with Crippen molar-refractivity contribution in [1.29, 1.82) is 0 Å². The lowest BCUT2D eigenvalue weighted by Gasteiger charge is -2.21. The molecule has 20 heavy (non-hydrogen) atoms. The molecule has 0 radical (unpaired) electrons. The molecule has 0 N–H and O–H groups in total. The van der Waals surface area contributed by atoms with Crippen molar-refractivity contribution in [2.24, 2.45) is 0 Å². The number of hydrogen-bond acceptors (Lipinski definition) is 2. The van der Waals surface area contributed by atoms with Crippen molar-refractivity contribution in [3.05, 3.63) is 63.9 Å². The van der Waals surface area contributed by atoms with Gasteiger partial charge in [-0.1, -0.05) is 35.3 Å². The Balaban J connectivity index is 2.20. The van der Waals surface area contributed by atoms with Gasteiger partial charge in [-0.05, 0) is 30.7 Å². The van der Waals surface area contributed by atoms with Crippen molar-refractivity contribution >= 4 is 29.1 Å². The van der Waals surface area contributed by atoms with Crippen LogP contribution in [0.1, 0.15) is 22.8 Å². The van der Waals surface area contributed by atoms with E-state index in [9.17, 15) is 4.79 Å². The van der Waals surface area contributed by atoms with E-state index in [1.165, 1.54) is 6.20 Å². The Hall–Kier alpha value is -1.58. The maximum atomic E-state index is 12.5. The van der Waals surface area contributed by atoms with Crippen LogP contribution in [0, 0.1) is 0 Å². The summed E-state index contributed by atoms with van der Waals surface area (Å²) in [5, 5.41) is 1.02. The molecule has 1 amide bonds. The lowest BCUT2D eigenvalue weighted by atomic mass is 10.2. The summed E-state index contributed by atoms with van der Waals surface area (Å²) >= 11 is 12.0. The van der Waals surface area contributed by atoms with Crippen LogP contribution in [0.25, 0.3) is 0 Å². The number of carbonyl (C=O) groups excluding carboxylic acids is 1. The van der Waals surface area contributed by atoms with E-state index in [1.807, 2.05) is 31.2 Å². The molecule has 1 heterocycles. The van der Waals surface area contributed by atoms with Crippen LogP contribution < -0.4 is 0 Å². The van der Waals surface area contributed by atoms with Crippen LogP contribution in [0.4, 0.5) is 0 Å². The first-order valence-corrected chi connectivity index (χ1v) is 7.00. The zero-order valence-corrected chi connectivity index (χ0v) is 12.5. The maximum absolute atomic E-state index is 12.5. The Morgan fingerprint density at radius 1 is 1.30 bits per heavy atom. The topological polar surface area (TPSA) is 33.2 Å². The van der Waals surface area contributed by atoms with Gasteiger partial charge < -0.3 is 4.90 Å². The van der Waals surface area contributed by atoms with Crippen molar-refractivity contribution in [3.63, 3.8) is 0 Å². The normalized spacial score (nSPS) is 10.3. The van der Waals surface area contributed by atoms with Gasteiger partial charge in [0, 0.05) is 30.5 Å². The highest BCUT2D eigenvalue weighted by Crippen LogP contribution is 2.18. The van der Waals surface area contributed by atoms with Crippen LogP contribution in [-0.4, -0.2) is 22.3 Å². The number of amides is 1. The van der Waals surface area contributed by atoms with Crippen LogP contribution in [0.5, 0.6) is 0 Å². The highest BCUT2D eigenvalue weighted by molar-refractivity contribution is 6.33. The third-order valence-electron chi connectivity index (χ3n) is 2.93. The van der Waals surface area contributed by atoms with Gasteiger partial charge in [0.1, 0.15) is 0 Å². The van der Waals surface area contributed by atoms with Crippen LogP contribution in [0.2, 0.25) is 10.0 Å². The number of carbonyl (C=O) groups is 1. The van der Waals surface area contributed by atoms with Gasteiger partial charge in [0.25, 0.3) is 5.91 Å². The molecule has 0 saturated heterocycles. The summed E-state index contributed by atoms with van der Waals surface area (Å²) in [6.07, 6.45) is 3.04. The summed E-state index contributed by atoms with van der Waals surface area (Å²) < 4.78 is 0. The molecular weight excluding hydrogens is 295 g/mol. The molecular formula is C15H14Cl2N2O. The number of benzene rings is 1. The lowest BCUT2D eigenvalue weighted by Crippen LogP contribution is -2.30. The van der Waals surface area contributed by atoms with E-state index in [-0.39, 0.29) is 5.91 Å². The van der Waals surface area contributed by atoms with Gasteiger partial charge in [-0.2, -0.15) is 0 Å². The Kier molecular flexibility index (Phi) is 4.99. The molecule has 0 saturated carbocycles. The molecule has 104 valence electrons. The third kappa shape index (κ3) is 3.50. The minimum Gasteiger partial charge on any atom is -0.335 e. The molecule has 0 aliphatic heterocycles. The summed E-state index contributed by atoms with van der Waals surface area (Å²) in [6, 6.07) is 9.10. The second-order valence-corrected chi connectivity index (χ2v) is 5.15. The fourth-order valence-electron chi connectivity index (χ4n) is 1.90. The van der Waals surface area contributed by atoms with Crippen molar-refractivity contribution < 1.29 is 4.79 Å². The van der Waals surface area contributed by atoms with Gasteiger partial charge in [0.05, 0.1) is 10.6 Å². The van der Waals surface area contributed by atoms with Gasteiger partial charge >= 0.3 is 0 Å². The zero-order valence-electron chi connectivity index (χ0n) is 11.0. The number of halogens is 2. The van der Waals surface area contributed by atoms with Gasteiger partial charge in [-0.15, -0.1) is 0 Å². The first-order valence-electron chi connectivity index (χ1n) is 6.25. The van der Waals surface area contributed by atoms with Crippen LogP contribution in [-0.2, 0) is 6.54 Å². The minimum absolute atomic E-state index is 0.111. The summed E-state index contributed by atoms with van der Waals surface area (Å²) in [5.74, 6) is -0.111. The van der Waals surface area contributed by atoms with Gasteiger partial charge in [0.15, 0.2) is 0 Å². The van der Waals surface area contributed by atoms with Gasteiger partial charge in [0.2, 0.25) is 0 Å². The average Bonchev–Trinajstić information content (AvgIpc) is 2.44. The Labute approximate surface area is 128 Å². The first-order chi connectivity index (χ1) is 9.61. The highest BCUT2D eigenvalue weighted by Gasteiger charge is 2.17. The molecule has 0 bridgehead atoms. The Bertz CT molecular complexity index is 616. The van der Waals surface area contributed by atoms with E-state index in [0.717, 1.165) is 5.56 Å². The molecule has 0 spiro atoms. The van der Waals surface area contributed by atoms with Crippen molar-refractivity contribution in [2.75, 3.05) is 6.54 Å². The molecule has 2 rings (SSSR count). The number of nitrogens with zero attached hydrogens (tertiary/aromatic N) is 2. The second kappa shape index (κ2) is 6.73. The quantitative estimate of drug-likeness (QED) is 0.853. The van der Waals surface area contributed by atoms with Crippen LogP contribution in [0.15, 0.2) is 42.7 Å². The molecule has 0 fully saturated rings. The molecule has 0 aliphatic rings. The molecule has 0 aliphatic carbocycles. The SMILES string of the molecule is CCN(Cc1cccc(Cl)c1)C(=O)c1ccncc1Cl. The Morgan fingerprint density at radius 3 is 2.75 bits per heavy atom. The summed E-state index contributed by atoms with van der Waals surface area (Å²) in [7, 11) is 0. The van der Waals surface area contributed by atoms with Gasteiger partial charge in [-0.3, -0.25) is 9.78 Å². The molecule has 3 nitrogen and oxygen atoms in total. The monoisotopic (exact) mass is 308 g/mol. The van der Waals surface area contributed by atoms with E-state index < -0.39 is 0 Å². The van der Waals surface area contributed by atoms with Gasteiger partial charge in [-0.25, -0.2) is 0 Å². The van der Waals surface area contributed by atoms with E-state index in [4.69, 9.17) is 23.2 Å². The fraction of sp³-hybridized carbons (Fsp3) is 0.200. The van der Waals surface area contributed by atoms with Crippen LogP contribution >= 0.6 is 23.2 Å². The molecule has 0 unspecified atom stereocenters. The number of hydrogen-bond donors (Lipinski definition) is 0. The van der Waals surface area contributed by atoms with Crippen molar-refractivity contribution in [1.82, 2.24) is 9.88 Å². The molecule has 1 aromatic heterocycles. The predicted octanol–water partition coefficient (Wildman–Crippen LogP) is 4.05. The van der Waals surface area contributed by atoms with E-state index in [1.54, 1.807) is 17.2 Å². The molecule has 2 aromatic rings. The second-order valence-electron chi connectivity index (χ2n) is 4.30. The molecule has 0 atom stereocenters. The average molecular weight is 309 g/mol. The van der Waals surface area contributed by atoms with E-state index in [2.05, 4.69) is 4.98 Å².